The second kappa shape index (κ2) is 6.58. The van der Waals surface area contributed by atoms with Crippen LogP contribution in [0.25, 0.3) is 10.9 Å². The van der Waals surface area contributed by atoms with E-state index in [0.29, 0.717) is 24.5 Å². The maximum atomic E-state index is 11.9. The van der Waals surface area contributed by atoms with Crippen LogP contribution in [-0.2, 0) is 17.9 Å². The van der Waals surface area contributed by atoms with Gasteiger partial charge in [-0.15, -0.1) is 0 Å². The van der Waals surface area contributed by atoms with Crippen LogP contribution in [0.1, 0.15) is 12.0 Å². The highest BCUT2D eigenvalue weighted by Crippen LogP contribution is 2.22. The monoisotopic (exact) mass is 314 g/mol. The number of benzene rings is 1. The largest absolute Gasteiger partial charge is 0.352 e. The van der Waals surface area contributed by atoms with E-state index in [2.05, 4.69) is 15.4 Å². The molecule has 1 amide bonds. The summed E-state index contributed by atoms with van der Waals surface area (Å²) in [5.74, 6) is -0.0190. The molecule has 3 aromatic rings. The molecule has 0 aliphatic carbocycles. The lowest BCUT2D eigenvalue weighted by molar-refractivity contribution is -0.121. The van der Waals surface area contributed by atoms with Gasteiger partial charge in [-0.05, 0) is 23.8 Å². The van der Waals surface area contributed by atoms with E-state index in [1.807, 2.05) is 30.3 Å². The molecule has 5 nitrogen and oxygen atoms in total. The molecule has 0 aliphatic rings. The molecule has 1 aromatic carbocycles. The third-order valence-corrected chi connectivity index (χ3v) is 3.73. The predicted molar refractivity (Wildman–Crippen MR) is 85.4 cm³/mol. The van der Waals surface area contributed by atoms with Crippen LogP contribution in [0, 0.1) is 0 Å². The Morgan fingerprint density at radius 1 is 1.23 bits per heavy atom. The second-order valence-electron chi connectivity index (χ2n) is 4.93. The van der Waals surface area contributed by atoms with E-state index in [4.69, 9.17) is 11.6 Å². The van der Waals surface area contributed by atoms with Gasteiger partial charge in [0.1, 0.15) is 0 Å². The lowest BCUT2D eigenvalue weighted by atomic mass is 10.2. The molecule has 2 heterocycles. The van der Waals surface area contributed by atoms with E-state index >= 15 is 0 Å². The van der Waals surface area contributed by atoms with Crippen LogP contribution in [0.4, 0.5) is 0 Å². The van der Waals surface area contributed by atoms with Crippen molar-refractivity contribution in [2.45, 2.75) is 19.5 Å². The number of carbonyl (C=O) groups is 1. The summed E-state index contributed by atoms with van der Waals surface area (Å²) in [6.45, 7) is 1.00. The average Bonchev–Trinajstić information content (AvgIpc) is 2.96. The van der Waals surface area contributed by atoms with Crippen LogP contribution in [0.2, 0.25) is 5.02 Å². The number of fused-ring (bicyclic) bond motifs is 1. The molecule has 22 heavy (non-hydrogen) atoms. The van der Waals surface area contributed by atoms with Crippen molar-refractivity contribution in [3.05, 3.63) is 59.5 Å². The Morgan fingerprint density at radius 2 is 2.14 bits per heavy atom. The first-order valence-electron chi connectivity index (χ1n) is 6.99. The molecule has 0 bridgehead atoms. The Hall–Kier alpha value is -2.40. The van der Waals surface area contributed by atoms with Gasteiger partial charge in [0.2, 0.25) is 5.91 Å². The number of aryl methyl sites for hydroxylation is 1. The van der Waals surface area contributed by atoms with Gasteiger partial charge in [-0.25, -0.2) is 0 Å². The highest BCUT2D eigenvalue weighted by Gasteiger charge is 2.07. The third kappa shape index (κ3) is 3.26. The maximum absolute atomic E-state index is 11.9. The number of hydrogen-bond donors (Lipinski definition) is 1. The molecule has 0 saturated heterocycles. The molecular weight excluding hydrogens is 300 g/mol. The fourth-order valence-electron chi connectivity index (χ4n) is 2.25. The normalized spacial score (nSPS) is 10.8. The summed E-state index contributed by atoms with van der Waals surface area (Å²) in [4.78, 5) is 15.9. The van der Waals surface area contributed by atoms with Crippen LogP contribution in [0.5, 0.6) is 0 Å². The Balaban J connectivity index is 1.57. The fraction of sp³-hybridized carbons (Fsp3) is 0.188. The van der Waals surface area contributed by atoms with Crippen molar-refractivity contribution in [3.63, 3.8) is 0 Å². The number of hydrogen-bond acceptors (Lipinski definition) is 3. The lowest BCUT2D eigenvalue weighted by Crippen LogP contribution is -2.24. The number of nitrogens with zero attached hydrogens (tertiary/aromatic N) is 3. The van der Waals surface area contributed by atoms with E-state index in [-0.39, 0.29) is 5.91 Å². The number of amides is 1. The smallest absolute Gasteiger partial charge is 0.222 e. The van der Waals surface area contributed by atoms with Gasteiger partial charge in [0, 0.05) is 30.7 Å². The zero-order valence-corrected chi connectivity index (χ0v) is 12.6. The first-order chi connectivity index (χ1) is 10.7. The van der Waals surface area contributed by atoms with Crippen molar-refractivity contribution in [3.8, 4) is 0 Å². The molecule has 0 fully saturated rings. The molecule has 1 N–H and O–H groups in total. The predicted octanol–water partition coefficient (Wildman–Crippen LogP) is 2.79. The van der Waals surface area contributed by atoms with Crippen molar-refractivity contribution in [2.75, 3.05) is 0 Å². The average molecular weight is 315 g/mol. The van der Waals surface area contributed by atoms with Gasteiger partial charge < -0.3 is 5.32 Å². The van der Waals surface area contributed by atoms with Crippen molar-refractivity contribution in [1.29, 1.82) is 0 Å². The molecule has 112 valence electrons. The number of nitrogens with one attached hydrogen (secondary N) is 1. The summed E-state index contributed by atoms with van der Waals surface area (Å²) in [6, 6.07) is 9.43. The highest BCUT2D eigenvalue weighted by atomic mass is 35.5. The number of carbonyl (C=O) groups excluding carboxylic acids is 1. The lowest BCUT2D eigenvalue weighted by Gasteiger charge is -2.06. The minimum atomic E-state index is -0.0190. The maximum Gasteiger partial charge on any atom is 0.222 e. The number of aromatic nitrogens is 3. The summed E-state index contributed by atoms with van der Waals surface area (Å²) < 4.78 is 1.80. The molecule has 3 rings (SSSR count). The quantitative estimate of drug-likeness (QED) is 0.787. The number of pyridine rings is 1. The molecule has 2 aromatic heterocycles. The third-order valence-electron chi connectivity index (χ3n) is 3.40. The standard InChI is InChI=1S/C16H15ClN4O/c17-14-4-1-5-15-13(14)11-20-21(15)8-6-16(22)19-10-12-3-2-7-18-9-12/h1-5,7,9,11H,6,8,10H2,(H,19,22). The van der Waals surface area contributed by atoms with Gasteiger partial charge in [-0.3, -0.25) is 14.5 Å². The van der Waals surface area contributed by atoms with Crippen molar-refractivity contribution in [2.24, 2.45) is 0 Å². The van der Waals surface area contributed by atoms with E-state index in [1.54, 1.807) is 23.3 Å². The van der Waals surface area contributed by atoms with Crippen molar-refractivity contribution >= 4 is 28.4 Å². The Labute approximate surface area is 132 Å². The molecule has 6 heteroatoms. The summed E-state index contributed by atoms with van der Waals surface area (Å²) in [6.07, 6.45) is 5.54. The minimum Gasteiger partial charge on any atom is -0.352 e. The van der Waals surface area contributed by atoms with Crippen molar-refractivity contribution in [1.82, 2.24) is 20.1 Å². The van der Waals surface area contributed by atoms with E-state index in [0.717, 1.165) is 16.5 Å². The molecule has 0 saturated carbocycles. The van der Waals surface area contributed by atoms with Crippen LogP contribution >= 0.6 is 11.6 Å². The SMILES string of the molecule is O=C(CCn1ncc2c(Cl)cccc21)NCc1cccnc1. The van der Waals surface area contributed by atoms with Gasteiger partial charge in [-0.2, -0.15) is 5.10 Å². The fourth-order valence-corrected chi connectivity index (χ4v) is 2.46. The molecule has 0 atom stereocenters. The molecule has 0 radical (unpaired) electrons. The van der Waals surface area contributed by atoms with Gasteiger partial charge in [0.25, 0.3) is 0 Å². The van der Waals surface area contributed by atoms with Crippen LogP contribution in [0.15, 0.2) is 48.9 Å². The molecule has 0 unspecified atom stereocenters. The molecular formula is C16H15ClN4O. The van der Waals surface area contributed by atoms with Gasteiger partial charge in [0.05, 0.1) is 23.3 Å². The second-order valence-corrected chi connectivity index (χ2v) is 5.34. The first-order valence-corrected chi connectivity index (χ1v) is 7.37. The molecule has 0 spiro atoms. The Bertz CT molecular complexity index is 785. The topological polar surface area (TPSA) is 59.8 Å². The summed E-state index contributed by atoms with van der Waals surface area (Å²) in [5, 5.41) is 8.74. The summed E-state index contributed by atoms with van der Waals surface area (Å²) in [5.41, 5.74) is 1.92. The molecule has 0 aliphatic heterocycles. The van der Waals surface area contributed by atoms with Crippen molar-refractivity contribution < 1.29 is 4.79 Å². The summed E-state index contributed by atoms with van der Waals surface area (Å²) in [7, 11) is 0. The summed E-state index contributed by atoms with van der Waals surface area (Å²) >= 11 is 6.11. The zero-order valence-electron chi connectivity index (χ0n) is 11.9. The first kappa shape index (κ1) is 14.5. The van der Waals surface area contributed by atoms with Gasteiger partial charge in [-0.1, -0.05) is 23.7 Å². The van der Waals surface area contributed by atoms with E-state index < -0.39 is 0 Å². The van der Waals surface area contributed by atoms with Gasteiger partial charge in [0.15, 0.2) is 0 Å². The van der Waals surface area contributed by atoms with Crippen LogP contribution < -0.4 is 5.32 Å². The highest BCUT2D eigenvalue weighted by molar-refractivity contribution is 6.35. The Kier molecular flexibility index (Phi) is 4.34. The van der Waals surface area contributed by atoms with Crippen LogP contribution in [-0.4, -0.2) is 20.7 Å². The zero-order chi connectivity index (χ0) is 15.4. The minimum absolute atomic E-state index is 0.0190. The number of rotatable bonds is 5. The Morgan fingerprint density at radius 3 is 2.95 bits per heavy atom. The van der Waals surface area contributed by atoms with E-state index in [1.165, 1.54) is 0 Å². The van der Waals surface area contributed by atoms with E-state index in [9.17, 15) is 4.79 Å². The number of halogens is 1. The van der Waals surface area contributed by atoms with Gasteiger partial charge >= 0.3 is 0 Å². The van der Waals surface area contributed by atoms with Crippen LogP contribution in [0.3, 0.4) is 0 Å².